The SMILES string of the molecule is CCCN(C)c1cccc(-c2c(C)c3cnn(C)c(=O)n3c2C)c1. The van der Waals surface area contributed by atoms with Gasteiger partial charge in [0.2, 0.25) is 0 Å². The van der Waals surface area contributed by atoms with Crippen molar-refractivity contribution >= 4 is 11.2 Å². The van der Waals surface area contributed by atoms with Gasteiger partial charge in [0, 0.05) is 37.6 Å². The Kier molecular flexibility index (Phi) is 4.18. The van der Waals surface area contributed by atoms with Gasteiger partial charge in [0.05, 0.1) is 11.7 Å². The van der Waals surface area contributed by atoms with Gasteiger partial charge in [-0.2, -0.15) is 5.10 Å². The highest BCUT2D eigenvalue weighted by molar-refractivity contribution is 5.80. The van der Waals surface area contributed by atoms with Crippen LogP contribution in [0.25, 0.3) is 16.6 Å². The summed E-state index contributed by atoms with van der Waals surface area (Å²) in [6.07, 6.45) is 2.87. The first-order chi connectivity index (χ1) is 11.5. The molecule has 3 rings (SSSR count). The van der Waals surface area contributed by atoms with Crippen molar-refractivity contribution in [1.29, 1.82) is 0 Å². The molecule has 0 bridgehead atoms. The zero-order chi connectivity index (χ0) is 17.4. The molecule has 5 heteroatoms. The predicted octanol–water partition coefficient (Wildman–Crippen LogP) is 3.16. The van der Waals surface area contributed by atoms with E-state index in [9.17, 15) is 4.79 Å². The van der Waals surface area contributed by atoms with Crippen molar-refractivity contribution in [3.05, 3.63) is 52.2 Å². The second-order valence-corrected chi connectivity index (χ2v) is 6.33. The first-order valence-electron chi connectivity index (χ1n) is 8.31. The number of fused-ring (bicyclic) bond motifs is 1. The van der Waals surface area contributed by atoms with Crippen LogP contribution in [0.15, 0.2) is 35.3 Å². The van der Waals surface area contributed by atoms with E-state index in [1.54, 1.807) is 17.6 Å². The minimum Gasteiger partial charge on any atom is -0.375 e. The van der Waals surface area contributed by atoms with Crippen LogP contribution in [-0.2, 0) is 7.05 Å². The van der Waals surface area contributed by atoms with Crippen LogP contribution < -0.4 is 10.6 Å². The Morgan fingerprint density at radius 2 is 2.00 bits per heavy atom. The average Bonchev–Trinajstić information content (AvgIpc) is 2.82. The molecule has 0 aliphatic carbocycles. The molecule has 0 aliphatic heterocycles. The van der Waals surface area contributed by atoms with E-state index in [0.29, 0.717) is 0 Å². The molecule has 0 spiro atoms. The quantitative estimate of drug-likeness (QED) is 0.740. The van der Waals surface area contributed by atoms with E-state index < -0.39 is 0 Å². The number of benzene rings is 1. The Hall–Kier alpha value is -2.56. The monoisotopic (exact) mass is 324 g/mol. The highest BCUT2D eigenvalue weighted by atomic mass is 16.1. The third-order valence-electron chi connectivity index (χ3n) is 4.65. The molecule has 3 aromatic rings. The molecule has 5 nitrogen and oxygen atoms in total. The number of anilines is 1. The van der Waals surface area contributed by atoms with Crippen molar-refractivity contribution in [1.82, 2.24) is 14.2 Å². The van der Waals surface area contributed by atoms with Crippen molar-refractivity contribution < 1.29 is 0 Å². The lowest BCUT2D eigenvalue weighted by Crippen LogP contribution is -2.26. The Bertz CT molecular complexity index is 952. The van der Waals surface area contributed by atoms with E-state index in [1.807, 2.05) is 6.92 Å². The van der Waals surface area contributed by atoms with Crippen molar-refractivity contribution in [2.24, 2.45) is 7.05 Å². The molecule has 2 heterocycles. The largest absolute Gasteiger partial charge is 0.375 e. The minimum absolute atomic E-state index is 0.112. The van der Waals surface area contributed by atoms with E-state index in [4.69, 9.17) is 0 Å². The predicted molar refractivity (Wildman–Crippen MR) is 98.9 cm³/mol. The fourth-order valence-electron chi connectivity index (χ4n) is 3.38. The molecule has 126 valence electrons. The number of hydrogen-bond acceptors (Lipinski definition) is 3. The number of nitrogens with zero attached hydrogens (tertiary/aromatic N) is 4. The van der Waals surface area contributed by atoms with Crippen molar-refractivity contribution in [2.45, 2.75) is 27.2 Å². The van der Waals surface area contributed by atoms with Gasteiger partial charge in [0.1, 0.15) is 0 Å². The molecule has 0 radical (unpaired) electrons. The zero-order valence-corrected chi connectivity index (χ0v) is 15.0. The first kappa shape index (κ1) is 16.3. The van der Waals surface area contributed by atoms with Crippen LogP contribution >= 0.6 is 0 Å². The van der Waals surface area contributed by atoms with Crippen LogP contribution in [0, 0.1) is 13.8 Å². The van der Waals surface area contributed by atoms with Gasteiger partial charge in [-0.1, -0.05) is 19.1 Å². The Labute approximate surface area is 142 Å². The topological polar surface area (TPSA) is 42.5 Å². The molecule has 0 aliphatic rings. The fourth-order valence-corrected chi connectivity index (χ4v) is 3.38. The number of rotatable bonds is 4. The lowest BCUT2D eigenvalue weighted by molar-refractivity contribution is 0.662. The molecule has 0 saturated heterocycles. The summed E-state index contributed by atoms with van der Waals surface area (Å²) in [5.74, 6) is 0. The summed E-state index contributed by atoms with van der Waals surface area (Å²) in [7, 11) is 3.79. The summed E-state index contributed by atoms with van der Waals surface area (Å²) in [6.45, 7) is 7.25. The second kappa shape index (κ2) is 6.15. The summed E-state index contributed by atoms with van der Waals surface area (Å²) < 4.78 is 3.12. The van der Waals surface area contributed by atoms with E-state index in [-0.39, 0.29) is 5.69 Å². The molecule has 0 fully saturated rings. The van der Waals surface area contributed by atoms with Gasteiger partial charge in [-0.15, -0.1) is 0 Å². The van der Waals surface area contributed by atoms with Gasteiger partial charge in [-0.25, -0.2) is 9.48 Å². The smallest absolute Gasteiger partial charge is 0.349 e. The average molecular weight is 324 g/mol. The lowest BCUT2D eigenvalue weighted by atomic mass is 10.0. The summed E-state index contributed by atoms with van der Waals surface area (Å²) in [6, 6.07) is 8.51. The highest BCUT2D eigenvalue weighted by Gasteiger charge is 2.17. The van der Waals surface area contributed by atoms with Gasteiger partial charge in [-0.3, -0.25) is 4.40 Å². The third kappa shape index (κ3) is 2.50. The molecular weight excluding hydrogens is 300 g/mol. The van der Waals surface area contributed by atoms with Gasteiger partial charge in [0.25, 0.3) is 0 Å². The molecule has 2 aromatic heterocycles. The van der Waals surface area contributed by atoms with Crippen LogP contribution in [0.2, 0.25) is 0 Å². The third-order valence-corrected chi connectivity index (χ3v) is 4.65. The normalized spacial score (nSPS) is 11.2. The van der Waals surface area contributed by atoms with Crippen molar-refractivity contribution in [3.8, 4) is 11.1 Å². The maximum atomic E-state index is 12.5. The van der Waals surface area contributed by atoms with Crippen LogP contribution in [0.3, 0.4) is 0 Å². The zero-order valence-electron chi connectivity index (χ0n) is 15.0. The summed E-state index contributed by atoms with van der Waals surface area (Å²) >= 11 is 0. The van der Waals surface area contributed by atoms with Gasteiger partial charge in [0.15, 0.2) is 0 Å². The molecule has 0 N–H and O–H groups in total. The molecular formula is C19H24N4O. The van der Waals surface area contributed by atoms with E-state index >= 15 is 0 Å². The molecule has 0 amide bonds. The number of aryl methyl sites for hydroxylation is 3. The van der Waals surface area contributed by atoms with E-state index in [1.165, 1.54) is 10.4 Å². The fraction of sp³-hybridized carbons (Fsp3) is 0.368. The minimum atomic E-state index is -0.112. The van der Waals surface area contributed by atoms with Gasteiger partial charge >= 0.3 is 5.69 Å². The van der Waals surface area contributed by atoms with Crippen LogP contribution in [-0.4, -0.2) is 27.8 Å². The van der Waals surface area contributed by atoms with E-state index in [2.05, 4.69) is 55.2 Å². The molecule has 0 atom stereocenters. The Morgan fingerprint density at radius 3 is 2.71 bits per heavy atom. The second-order valence-electron chi connectivity index (χ2n) is 6.33. The van der Waals surface area contributed by atoms with Crippen molar-refractivity contribution in [2.75, 3.05) is 18.5 Å². The van der Waals surface area contributed by atoms with E-state index in [0.717, 1.165) is 40.9 Å². The summed E-state index contributed by atoms with van der Waals surface area (Å²) in [4.78, 5) is 14.7. The van der Waals surface area contributed by atoms with Crippen LogP contribution in [0.4, 0.5) is 5.69 Å². The molecule has 0 saturated carbocycles. The van der Waals surface area contributed by atoms with Crippen LogP contribution in [0.5, 0.6) is 0 Å². The molecule has 0 unspecified atom stereocenters. The van der Waals surface area contributed by atoms with Crippen LogP contribution in [0.1, 0.15) is 24.6 Å². The van der Waals surface area contributed by atoms with Crippen molar-refractivity contribution in [3.63, 3.8) is 0 Å². The van der Waals surface area contributed by atoms with Gasteiger partial charge in [-0.05, 0) is 43.5 Å². The summed E-state index contributed by atoms with van der Waals surface area (Å²) in [5.41, 5.74) is 6.25. The maximum absolute atomic E-state index is 12.5. The molecule has 24 heavy (non-hydrogen) atoms. The maximum Gasteiger partial charge on any atom is 0.349 e. The number of aromatic nitrogens is 3. The lowest BCUT2D eigenvalue weighted by Gasteiger charge is -2.19. The van der Waals surface area contributed by atoms with Gasteiger partial charge < -0.3 is 4.90 Å². The number of hydrogen-bond donors (Lipinski definition) is 0. The standard InChI is InChI=1S/C19H24N4O/c1-6-10-21(4)16-9-7-8-15(11-16)18-13(2)17-12-20-22(5)19(24)23(17)14(18)3/h7-9,11-12H,6,10H2,1-5H3. The Balaban J connectivity index is 2.22. The highest BCUT2D eigenvalue weighted by Crippen LogP contribution is 2.33. The first-order valence-corrected chi connectivity index (χ1v) is 8.31. The summed E-state index contributed by atoms with van der Waals surface area (Å²) in [5, 5.41) is 4.16. The molecule has 1 aromatic carbocycles. The Morgan fingerprint density at radius 1 is 1.25 bits per heavy atom.